The highest BCUT2D eigenvalue weighted by molar-refractivity contribution is 5.85. The normalized spacial score (nSPS) is 15.4. The van der Waals surface area contributed by atoms with Crippen LogP contribution in [-0.4, -0.2) is 11.1 Å². The van der Waals surface area contributed by atoms with E-state index in [1.54, 1.807) is 0 Å². The highest BCUT2D eigenvalue weighted by Gasteiger charge is 2.24. The first-order valence-corrected chi connectivity index (χ1v) is 5.76. The topological polar surface area (TPSA) is 22.1 Å². The van der Waals surface area contributed by atoms with E-state index in [0.29, 0.717) is 6.10 Å². The molecule has 0 bridgehead atoms. The molecule has 1 aliphatic rings. The van der Waals surface area contributed by atoms with Crippen molar-refractivity contribution in [2.45, 2.75) is 32.8 Å². The van der Waals surface area contributed by atoms with Gasteiger partial charge in [0.05, 0.1) is 6.10 Å². The molecule has 0 radical (unpaired) electrons. The Bertz CT molecular complexity index is 538. The summed E-state index contributed by atoms with van der Waals surface area (Å²) in [5.41, 5.74) is 3.41. The molecular formula is C14H15NO. The number of nitrogens with zero attached hydrogens (tertiary/aromatic N) is 1. The van der Waals surface area contributed by atoms with Gasteiger partial charge in [0.15, 0.2) is 0 Å². The minimum Gasteiger partial charge on any atom is -0.488 e. The smallest absolute Gasteiger partial charge is 0.146 e. The van der Waals surface area contributed by atoms with E-state index in [1.165, 1.54) is 29.4 Å². The Kier molecular flexibility index (Phi) is 2.10. The molecule has 3 rings (SSSR count). The summed E-state index contributed by atoms with van der Waals surface area (Å²) in [5.74, 6) is 0.942. The largest absolute Gasteiger partial charge is 0.488 e. The summed E-state index contributed by atoms with van der Waals surface area (Å²) in [6, 6.07) is 6.41. The molecule has 2 nitrogen and oxygen atoms in total. The van der Waals surface area contributed by atoms with Gasteiger partial charge >= 0.3 is 0 Å². The number of rotatable bonds is 2. The van der Waals surface area contributed by atoms with Crippen molar-refractivity contribution in [3.63, 3.8) is 0 Å². The maximum atomic E-state index is 5.90. The van der Waals surface area contributed by atoms with Gasteiger partial charge in [0.25, 0.3) is 0 Å². The number of benzene rings is 1. The lowest BCUT2D eigenvalue weighted by Crippen LogP contribution is -1.98. The van der Waals surface area contributed by atoms with E-state index in [4.69, 9.17) is 4.74 Å². The first-order chi connectivity index (χ1) is 7.72. The fourth-order valence-electron chi connectivity index (χ4n) is 1.93. The first-order valence-electron chi connectivity index (χ1n) is 5.76. The number of ether oxygens (including phenoxy) is 1. The van der Waals surface area contributed by atoms with Gasteiger partial charge < -0.3 is 4.74 Å². The zero-order valence-corrected chi connectivity index (χ0v) is 9.66. The summed E-state index contributed by atoms with van der Waals surface area (Å²) in [5, 5.41) is 1.18. The van der Waals surface area contributed by atoms with Crippen molar-refractivity contribution >= 4 is 10.9 Å². The number of fused-ring (bicyclic) bond motifs is 1. The molecule has 1 heterocycles. The van der Waals surface area contributed by atoms with Gasteiger partial charge in [0.2, 0.25) is 0 Å². The molecule has 82 valence electrons. The Morgan fingerprint density at radius 3 is 2.62 bits per heavy atom. The molecule has 1 fully saturated rings. The molecule has 16 heavy (non-hydrogen) atoms. The SMILES string of the molecule is Cc1cnc2c(OC3CC3)cc(C)cc2c1. The molecule has 0 aliphatic heterocycles. The van der Waals surface area contributed by atoms with Crippen molar-refractivity contribution in [3.05, 3.63) is 35.5 Å². The van der Waals surface area contributed by atoms with Crippen LogP contribution in [0.2, 0.25) is 0 Å². The molecule has 1 saturated carbocycles. The van der Waals surface area contributed by atoms with Crippen LogP contribution >= 0.6 is 0 Å². The summed E-state index contributed by atoms with van der Waals surface area (Å²) < 4.78 is 5.90. The molecule has 1 aromatic heterocycles. The molecule has 1 aromatic carbocycles. The van der Waals surface area contributed by atoms with Crippen LogP contribution in [0, 0.1) is 13.8 Å². The molecule has 0 spiro atoms. The highest BCUT2D eigenvalue weighted by atomic mass is 16.5. The standard InChI is InChI=1S/C14H15NO/c1-9-5-11-6-10(2)8-15-14(11)13(7-9)16-12-3-4-12/h5-8,12H,3-4H2,1-2H3. The van der Waals surface area contributed by atoms with Crippen LogP contribution in [0.3, 0.4) is 0 Å². The fraction of sp³-hybridized carbons (Fsp3) is 0.357. The average molecular weight is 213 g/mol. The second kappa shape index (κ2) is 3.48. The van der Waals surface area contributed by atoms with Gasteiger partial charge in [-0.1, -0.05) is 0 Å². The lowest BCUT2D eigenvalue weighted by Gasteiger charge is -2.09. The van der Waals surface area contributed by atoms with E-state index in [2.05, 4.69) is 37.0 Å². The van der Waals surface area contributed by atoms with E-state index in [0.717, 1.165) is 11.3 Å². The van der Waals surface area contributed by atoms with E-state index in [-0.39, 0.29) is 0 Å². The molecule has 0 N–H and O–H groups in total. The maximum Gasteiger partial charge on any atom is 0.146 e. The number of aromatic nitrogens is 1. The predicted octanol–water partition coefficient (Wildman–Crippen LogP) is 3.39. The van der Waals surface area contributed by atoms with Gasteiger partial charge in [-0.2, -0.15) is 0 Å². The fourth-order valence-corrected chi connectivity index (χ4v) is 1.93. The van der Waals surface area contributed by atoms with Gasteiger partial charge in [-0.15, -0.1) is 0 Å². The lowest BCUT2D eigenvalue weighted by molar-refractivity contribution is 0.306. The van der Waals surface area contributed by atoms with E-state index < -0.39 is 0 Å². The molecule has 2 aromatic rings. The predicted molar refractivity (Wildman–Crippen MR) is 64.9 cm³/mol. The van der Waals surface area contributed by atoms with Crippen LogP contribution in [0.4, 0.5) is 0 Å². The first kappa shape index (κ1) is 9.64. The van der Waals surface area contributed by atoms with Crippen molar-refractivity contribution in [2.24, 2.45) is 0 Å². The lowest BCUT2D eigenvalue weighted by atomic mass is 10.1. The van der Waals surface area contributed by atoms with Gasteiger partial charge in [0, 0.05) is 11.6 Å². The summed E-state index contributed by atoms with van der Waals surface area (Å²) in [6.07, 6.45) is 4.69. The van der Waals surface area contributed by atoms with Gasteiger partial charge in [-0.25, -0.2) is 0 Å². The van der Waals surface area contributed by atoms with Crippen LogP contribution in [0.1, 0.15) is 24.0 Å². The third kappa shape index (κ3) is 1.75. The van der Waals surface area contributed by atoms with E-state index >= 15 is 0 Å². The Balaban J connectivity index is 2.16. The molecule has 0 saturated heterocycles. The summed E-state index contributed by atoms with van der Waals surface area (Å²) in [6.45, 7) is 4.16. The van der Waals surface area contributed by atoms with Crippen LogP contribution in [0.5, 0.6) is 5.75 Å². The van der Waals surface area contributed by atoms with Crippen LogP contribution < -0.4 is 4.74 Å². The Hall–Kier alpha value is -1.57. The zero-order chi connectivity index (χ0) is 11.1. The summed E-state index contributed by atoms with van der Waals surface area (Å²) in [7, 11) is 0. The monoisotopic (exact) mass is 213 g/mol. The Labute approximate surface area is 95.3 Å². The minimum absolute atomic E-state index is 0.424. The molecule has 0 atom stereocenters. The molecular weight excluding hydrogens is 198 g/mol. The summed E-state index contributed by atoms with van der Waals surface area (Å²) in [4.78, 5) is 4.48. The van der Waals surface area contributed by atoms with E-state index in [9.17, 15) is 0 Å². The van der Waals surface area contributed by atoms with Gasteiger partial charge in [-0.3, -0.25) is 4.98 Å². The highest BCUT2D eigenvalue weighted by Crippen LogP contribution is 2.32. The third-order valence-corrected chi connectivity index (χ3v) is 2.85. The van der Waals surface area contributed by atoms with E-state index in [1.807, 2.05) is 6.20 Å². The van der Waals surface area contributed by atoms with Crippen molar-refractivity contribution in [2.75, 3.05) is 0 Å². The van der Waals surface area contributed by atoms with Crippen LogP contribution in [0.25, 0.3) is 10.9 Å². The third-order valence-electron chi connectivity index (χ3n) is 2.85. The number of hydrogen-bond donors (Lipinski definition) is 0. The quantitative estimate of drug-likeness (QED) is 0.762. The number of aryl methyl sites for hydroxylation is 2. The Morgan fingerprint density at radius 2 is 1.88 bits per heavy atom. The van der Waals surface area contributed by atoms with Crippen LogP contribution in [-0.2, 0) is 0 Å². The number of hydrogen-bond acceptors (Lipinski definition) is 2. The van der Waals surface area contributed by atoms with Crippen molar-refractivity contribution in [3.8, 4) is 5.75 Å². The second-order valence-corrected chi connectivity index (χ2v) is 4.66. The Morgan fingerprint density at radius 1 is 1.12 bits per heavy atom. The van der Waals surface area contributed by atoms with Crippen molar-refractivity contribution in [1.29, 1.82) is 0 Å². The molecule has 0 amide bonds. The summed E-state index contributed by atoms with van der Waals surface area (Å²) >= 11 is 0. The van der Waals surface area contributed by atoms with Gasteiger partial charge in [0.1, 0.15) is 11.3 Å². The van der Waals surface area contributed by atoms with Crippen molar-refractivity contribution in [1.82, 2.24) is 4.98 Å². The zero-order valence-electron chi connectivity index (χ0n) is 9.66. The minimum atomic E-state index is 0.424. The average Bonchev–Trinajstić information content (AvgIpc) is 3.00. The van der Waals surface area contributed by atoms with Crippen LogP contribution in [0.15, 0.2) is 24.4 Å². The van der Waals surface area contributed by atoms with Gasteiger partial charge in [-0.05, 0) is 56.0 Å². The molecule has 1 aliphatic carbocycles. The second-order valence-electron chi connectivity index (χ2n) is 4.66. The number of pyridine rings is 1. The maximum absolute atomic E-state index is 5.90. The molecule has 0 unspecified atom stereocenters. The molecule has 2 heteroatoms. The van der Waals surface area contributed by atoms with Crippen molar-refractivity contribution < 1.29 is 4.74 Å².